The molecule has 2 heteroatoms. The fourth-order valence-electron chi connectivity index (χ4n) is 2.40. The van der Waals surface area contributed by atoms with Crippen LogP contribution >= 0.6 is 0 Å². The molecule has 0 spiro atoms. The monoisotopic (exact) mass is 269 g/mol. The molecule has 1 unspecified atom stereocenters. The van der Waals surface area contributed by atoms with Crippen LogP contribution in [0, 0.1) is 6.92 Å². The largest absolute Gasteiger partial charge is 0.496 e. The summed E-state index contributed by atoms with van der Waals surface area (Å²) in [5.74, 6) is 0.933. The minimum absolute atomic E-state index is 0.206. The van der Waals surface area contributed by atoms with Crippen LogP contribution in [0.1, 0.15) is 36.6 Å². The van der Waals surface area contributed by atoms with E-state index in [1.54, 1.807) is 7.11 Å². The van der Waals surface area contributed by atoms with E-state index < -0.39 is 0 Å². The third kappa shape index (κ3) is 3.32. The van der Waals surface area contributed by atoms with Gasteiger partial charge in [0.2, 0.25) is 0 Å². The van der Waals surface area contributed by atoms with Crippen LogP contribution < -0.4 is 10.1 Å². The number of ether oxygens (including phenoxy) is 1. The molecular weight excluding hydrogens is 246 g/mol. The molecular formula is C18H23NO. The molecule has 0 aliphatic heterocycles. The lowest BCUT2D eigenvalue weighted by Gasteiger charge is -2.19. The highest BCUT2D eigenvalue weighted by atomic mass is 16.5. The van der Waals surface area contributed by atoms with Crippen molar-refractivity contribution in [3.05, 3.63) is 59.2 Å². The van der Waals surface area contributed by atoms with Crippen molar-refractivity contribution in [2.45, 2.75) is 33.2 Å². The van der Waals surface area contributed by atoms with Crippen LogP contribution in [0.15, 0.2) is 42.5 Å². The molecule has 1 N–H and O–H groups in total. The topological polar surface area (TPSA) is 21.3 Å². The standard InChI is InChI=1S/C18H23NO/c1-5-15-7-6-8-16(12-15)19-14(3)17-11-13(2)9-10-18(17)20-4/h6-12,14,19H,5H2,1-4H3. The number of benzene rings is 2. The lowest BCUT2D eigenvalue weighted by molar-refractivity contribution is 0.408. The molecule has 0 heterocycles. The number of methoxy groups -OCH3 is 1. The molecule has 20 heavy (non-hydrogen) atoms. The quantitative estimate of drug-likeness (QED) is 0.846. The Kier molecular flexibility index (Phi) is 4.67. The predicted molar refractivity (Wildman–Crippen MR) is 85.6 cm³/mol. The first-order valence-electron chi connectivity index (χ1n) is 7.14. The first-order valence-corrected chi connectivity index (χ1v) is 7.14. The van der Waals surface area contributed by atoms with Crippen LogP contribution in [-0.2, 0) is 6.42 Å². The minimum atomic E-state index is 0.206. The van der Waals surface area contributed by atoms with Crippen molar-refractivity contribution < 1.29 is 4.74 Å². The second-order valence-electron chi connectivity index (χ2n) is 5.17. The van der Waals surface area contributed by atoms with Crippen LogP contribution in [0.4, 0.5) is 5.69 Å². The molecule has 0 saturated heterocycles. The fraction of sp³-hybridized carbons (Fsp3) is 0.333. The summed E-state index contributed by atoms with van der Waals surface area (Å²) < 4.78 is 5.46. The van der Waals surface area contributed by atoms with E-state index in [4.69, 9.17) is 4.74 Å². The Bertz CT molecular complexity index is 577. The van der Waals surface area contributed by atoms with Crippen LogP contribution in [0.25, 0.3) is 0 Å². The maximum absolute atomic E-state index is 5.46. The van der Waals surface area contributed by atoms with E-state index in [2.05, 4.69) is 62.5 Å². The van der Waals surface area contributed by atoms with Crippen molar-refractivity contribution in [3.8, 4) is 5.75 Å². The highest BCUT2D eigenvalue weighted by Crippen LogP contribution is 2.28. The van der Waals surface area contributed by atoms with E-state index in [0.29, 0.717) is 0 Å². The average molecular weight is 269 g/mol. The smallest absolute Gasteiger partial charge is 0.124 e. The van der Waals surface area contributed by atoms with Gasteiger partial charge in [-0.1, -0.05) is 36.8 Å². The number of hydrogen-bond donors (Lipinski definition) is 1. The van der Waals surface area contributed by atoms with Gasteiger partial charge >= 0.3 is 0 Å². The Morgan fingerprint density at radius 1 is 1.15 bits per heavy atom. The van der Waals surface area contributed by atoms with Crippen LogP contribution in [0.2, 0.25) is 0 Å². The van der Waals surface area contributed by atoms with Gasteiger partial charge in [0.15, 0.2) is 0 Å². The summed E-state index contributed by atoms with van der Waals surface area (Å²) in [6, 6.07) is 15.1. The Morgan fingerprint density at radius 2 is 1.95 bits per heavy atom. The summed E-state index contributed by atoms with van der Waals surface area (Å²) in [7, 11) is 1.72. The lowest BCUT2D eigenvalue weighted by atomic mass is 10.0. The molecule has 0 bridgehead atoms. The van der Waals surface area contributed by atoms with Gasteiger partial charge in [-0.3, -0.25) is 0 Å². The molecule has 2 aromatic carbocycles. The van der Waals surface area contributed by atoms with Gasteiger partial charge < -0.3 is 10.1 Å². The van der Waals surface area contributed by atoms with Crippen molar-refractivity contribution >= 4 is 5.69 Å². The molecule has 2 aromatic rings. The Morgan fingerprint density at radius 3 is 2.65 bits per heavy atom. The van der Waals surface area contributed by atoms with Gasteiger partial charge in [-0.15, -0.1) is 0 Å². The van der Waals surface area contributed by atoms with Crippen molar-refractivity contribution in [1.29, 1.82) is 0 Å². The normalized spacial score (nSPS) is 12.0. The van der Waals surface area contributed by atoms with Crippen molar-refractivity contribution in [2.75, 3.05) is 12.4 Å². The highest BCUT2D eigenvalue weighted by molar-refractivity contribution is 5.50. The molecule has 2 nitrogen and oxygen atoms in total. The summed E-state index contributed by atoms with van der Waals surface area (Å²) in [5, 5.41) is 3.55. The van der Waals surface area contributed by atoms with E-state index in [1.807, 2.05) is 6.07 Å². The summed E-state index contributed by atoms with van der Waals surface area (Å²) in [6.07, 6.45) is 1.05. The van der Waals surface area contributed by atoms with E-state index in [0.717, 1.165) is 17.9 Å². The van der Waals surface area contributed by atoms with Gasteiger partial charge in [-0.25, -0.2) is 0 Å². The SMILES string of the molecule is CCc1cccc(NC(C)c2cc(C)ccc2OC)c1. The first-order chi connectivity index (χ1) is 9.63. The molecule has 0 radical (unpaired) electrons. The van der Waals surface area contributed by atoms with E-state index >= 15 is 0 Å². The van der Waals surface area contributed by atoms with Gasteiger partial charge in [-0.05, 0) is 44.0 Å². The first kappa shape index (κ1) is 14.4. The molecule has 0 amide bonds. The molecule has 0 aromatic heterocycles. The Labute approximate surface area is 121 Å². The molecule has 0 aliphatic rings. The van der Waals surface area contributed by atoms with Gasteiger partial charge in [0.1, 0.15) is 5.75 Å². The summed E-state index contributed by atoms with van der Waals surface area (Å²) in [6.45, 7) is 6.44. The lowest BCUT2D eigenvalue weighted by Crippen LogP contribution is -2.08. The summed E-state index contributed by atoms with van der Waals surface area (Å²) in [5.41, 5.74) is 4.94. The van der Waals surface area contributed by atoms with Crippen molar-refractivity contribution in [3.63, 3.8) is 0 Å². The molecule has 0 aliphatic carbocycles. The van der Waals surface area contributed by atoms with Gasteiger partial charge in [0.05, 0.1) is 13.2 Å². The maximum Gasteiger partial charge on any atom is 0.124 e. The Hall–Kier alpha value is -1.96. The number of rotatable bonds is 5. The summed E-state index contributed by atoms with van der Waals surface area (Å²) in [4.78, 5) is 0. The van der Waals surface area contributed by atoms with Crippen LogP contribution in [-0.4, -0.2) is 7.11 Å². The number of anilines is 1. The maximum atomic E-state index is 5.46. The third-order valence-electron chi connectivity index (χ3n) is 3.57. The number of aryl methyl sites for hydroxylation is 2. The zero-order valence-electron chi connectivity index (χ0n) is 12.7. The highest BCUT2D eigenvalue weighted by Gasteiger charge is 2.11. The number of hydrogen-bond acceptors (Lipinski definition) is 2. The minimum Gasteiger partial charge on any atom is -0.496 e. The Balaban J connectivity index is 2.23. The summed E-state index contributed by atoms with van der Waals surface area (Å²) >= 11 is 0. The second-order valence-corrected chi connectivity index (χ2v) is 5.17. The average Bonchev–Trinajstić information content (AvgIpc) is 2.47. The molecule has 0 saturated carbocycles. The van der Waals surface area contributed by atoms with Gasteiger partial charge in [0.25, 0.3) is 0 Å². The van der Waals surface area contributed by atoms with Crippen LogP contribution in [0.5, 0.6) is 5.75 Å². The van der Waals surface area contributed by atoms with Gasteiger partial charge in [-0.2, -0.15) is 0 Å². The second kappa shape index (κ2) is 6.47. The van der Waals surface area contributed by atoms with Crippen molar-refractivity contribution in [1.82, 2.24) is 0 Å². The third-order valence-corrected chi connectivity index (χ3v) is 3.57. The van der Waals surface area contributed by atoms with Crippen LogP contribution in [0.3, 0.4) is 0 Å². The van der Waals surface area contributed by atoms with E-state index in [-0.39, 0.29) is 6.04 Å². The number of nitrogens with one attached hydrogen (secondary N) is 1. The van der Waals surface area contributed by atoms with Gasteiger partial charge in [0, 0.05) is 11.3 Å². The fourth-order valence-corrected chi connectivity index (χ4v) is 2.40. The van der Waals surface area contributed by atoms with Crippen molar-refractivity contribution in [2.24, 2.45) is 0 Å². The zero-order valence-corrected chi connectivity index (χ0v) is 12.7. The molecule has 106 valence electrons. The molecule has 0 fully saturated rings. The van der Waals surface area contributed by atoms with E-state index in [9.17, 15) is 0 Å². The predicted octanol–water partition coefficient (Wildman–Crippen LogP) is 4.74. The van der Waals surface area contributed by atoms with E-state index in [1.165, 1.54) is 16.7 Å². The molecule has 2 rings (SSSR count). The molecule has 1 atom stereocenters. The zero-order chi connectivity index (χ0) is 14.5.